The van der Waals surface area contributed by atoms with Gasteiger partial charge in [-0.25, -0.2) is 8.42 Å². The number of sulfone groups is 1. The lowest BCUT2D eigenvalue weighted by molar-refractivity contribution is -0.143. The summed E-state index contributed by atoms with van der Waals surface area (Å²) in [5, 5.41) is 9.45. The Bertz CT molecular complexity index is 913. The van der Waals surface area contributed by atoms with Crippen LogP contribution in [0.5, 0.6) is 0 Å². The molecular weight excluding hydrogens is 385 g/mol. The summed E-state index contributed by atoms with van der Waals surface area (Å²) in [6.07, 6.45) is 0. The van der Waals surface area contributed by atoms with Crippen LogP contribution >= 0.6 is 23.2 Å². The van der Waals surface area contributed by atoms with Gasteiger partial charge in [0.1, 0.15) is 5.41 Å². The van der Waals surface area contributed by atoms with Gasteiger partial charge in [0.25, 0.3) is 0 Å². The standard InChI is InChI=1S/C17H15Cl2NO4S/c18-11-3-1-10(2-4-11)14-15(17(14,9-20)16(21)22)25(23,24)13-7-5-12(19)6-8-13/h1-8,14-15H,9,20H2,(H,21,22). The van der Waals surface area contributed by atoms with Crippen LogP contribution in [0.25, 0.3) is 0 Å². The van der Waals surface area contributed by atoms with E-state index in [1.807, 2.05) is 0 Å². The van der Waals surface area contributed by atoms with Crippen molar-refractivity contribution in [1.29, 1.82) is 0 Å². The summed E-state index contributed by atoms with van der Waals surface area (Å²) in [4.78, 5) is 11.9. The Morgan fingerprint density at radius 1 is 1.04 bits per heavy atom. The molecule has 2 aromatic rings. The molecule has 1 saturated carbocycles. The van der Waals surface area contributed by atoms with Gasteiger partial charge in [0.15, 0.2) is 9.84 Å². The van der Waals surface area contributed by atoms with Gasteiger partial charge >= 0.3 is 5.97 Å². The summed E-state index contributed by atoms with van der Waals surface area (Å²) in [6, 6.07) is 12.1. The SMILES string of the molecule is NCC1(C(=O)O)C(c2ccc(Cl)cc2)C1S(=O)(=O)c1ccc(Cl)cc1. The predicted molar refractivity (Wildman–Crippen MR) is 95.7 cm³/mol. The number of halogens is 2. The lowest BCUT2D eigenvalue weighted by Gasteiger charge is -2.10. The molecule has 132 valence electrons. The lowest BCUT2D eigenvalue weighted by Crippen LogP contribution is -2.31. The first-order valence-electron chi connectivity index (χ1n) is 7.43. The van der Waals surface area contributed by atoms with E-state index in [4.69, 9.17) is 28.9 Å². The molecule has 5 nitrogen and oxygen atoms in total. The zero-order chi connectivity index (χ0) is 18.4. The number of aliphatic carboxylic acids is 1. The van der Waals surface area contributed by atoms with Gasteiger partial charge in [-0.15, -0.1) is 0 Å². The lowest BCUT2D eigenvalue weighted by atomic mass is 9.99. The largest absolute Gasteiger partial charge is 0.481 e. The average Bonchev–Trinajstić information content (AvgIpc) is 3.27. The number of hydrogen-bond donors (Lipinski definition) is 2. The van der Waals surface area contributed by atoms with Crippen molar-refractivity contribution in [3.63, 3.8) is 0 Å². The quantitative estimate of drug-likeness (QED) is 0.804. The van der Waals surface area contributed by atoms with Crippen molar-refractivity contribution in [2.75, 3.05) is 6.54 Å². The van der Waals surface area contributed by atoms with E-state index in [1.165, 1.54) is 24.3 Å². The molecule has 0 radical (unpaired) electrons. The van der Waals surface area contributed by atoms with Gasteiger partial charge in [0, 0.05) is 22.5 Å². The molecule has 0 amide bonds. The maximum absolute atomic E-state index is 13.0. The molecule has 3 N–H and O–H groups in total. The van der Waals surface area contributed by atoms with Crippen molar-refractivity contribution in [1.82, 2.24) is 0 Å². The van der Waals surface area contributed by atoms with Crippen molar-refractivity contribution in [2.45, 2.75) is 16.1 Å². The molecule has 8 heteroatoms. The number of carbonyl (C=O) groups is 1. The number of rotatable bonds is 5. The number of nitrogens with two attached hydrogens (primary N) is 1. The topological polar surface area (TPSA) is 97.5 Å². The van der Waals surface area contributed by atoms with Gasteiger partial charge < -0.3 is 10.8 Å². The predicted octanol–water partition coefficient (Wildman–Crippen LogP) is 2.96. The van der Waals surface area contributed by atoms with Gasteiger partial charge in [-0.2, -0.15) is 0 Å². The first-order chi connectivity index (χ1) is 11.7. The molecular formula is C17H15Cl2NO4S. The molecule has 1 aliphatic rings. The van der Waals surface area contributed by atoms with E-state index < -0.39 is 32.4 Å². The summed E-state index contributed by atoms with van der Waals surface area (Å²) in [5.41, 5.74) is 4.74. The molecule has 2 aromatic carbocycles. The van der Waals surface area contributed by atoms with E-state index in [0.29, 0.717) is 15.6 Å². The van der Waals surface area contributed by atoms with Crippen LogP contribution in [0.4, 0.5) is 0 Å². The van der Waals surface area contributed by atoms with E-state index in [9.17, 15) is 18.3 Å². The van der Waals surface area contributed by atoms with Crippen LogP contribution in [0.3, 0.4) is 0 Å². The third-order valence-corrected chi connectivity index (χ3v) is 7.49. The Morgan fingerprint density at radius 2 is 1.52 bits per heavy atom. The number of carboxylic acid groups (broad SMARTS) is 1. The van der Waals surface area contributed by atoms with Crippen LogP contribution in [0, 0.1) is 5.41 Å². The fraction of sp³-hybridized carbons (Fsp3) is 0.235. The third-order valence-electron chi connectivity index (χ3n) is 4.70. The minimum absolute atomic E-state index is 0.0254. The smallest absolute Gasteiger partial charge is 0.312 e. The van der Waals surface area contributed by atoms with Crippen molar-refractivity contribution < 1.29 is 18.3 Å². The number of carboxylic acids is 1. The highest BCUT2D eigenvalue weighted by Crippen LogP contribution is 2.63. The first-order valence-corrected chi connectivity index (χ1v) is 9.73. The van der Waals surface area contributed by atoms with Crippen LogP contribution in [0.15, 0.2) is 53.4 Å². The van der Waals surface area contributed by atoms with Crippen LogP contribution < -0.4 is 5.73 Å². The molecule has 3 rings (SSSR count). The molecule has 0 heterocycles. The Labute approximate surface area is 155 Å². The van der Waals surface area contributed by atoms with Crippen LogP contribution in [0.1, 0.15) is 11.5 Å². The third kappa shape index (κ3) is 2.83. The Hall–Kier alpha value is -1.60. The molecule has 0 saturated heterocycles. The second kappa shape index (κ2) is 6.29. The Balaban J connectivity index is 2.10. The van der Waals surface area contributed by atoms with Gasteiger partial charge in [-0.05, 0) is 42.0 Å². The summed E-state index contributed by atoms with van der Waals surface area (Å²) in [5.74, 6) is -1.97. The van der Waals surface area contributed by atoms with Crippen molar-refractivity contribution >= 4 is 39.0 Å². The minimum atomic E-state index is -3.91. The number of hydrogen-bond acceptors (Lipinski definition) is 4. The van der Waals surface area contributed by atoms with Crippen molar-refractivity contribution in [3.05, 3.63) is 64.1 Å². The molecule has 0 bridgehead atoms. The highest BCUT2D eigenvalue weighted by molar-refractivity contribution is 7.92. The normalized spacial score (nSPS) is 25.6. The molecule has 0 aliphatic heterocycles. The summed E-state index contributed by atoms with van der Waals surface area (Å²) in [7, 11) is -3.91. The van der Waals surface area contributed by atoms with E-state index in [0.717, 1.165) is 0 Å². The Kier molecular flexibility index (Phi) is 4.58. The molecule has 3 atom stereocenters. The molecule has 0 aromatic heterocycles. The van der Waals surface area contributed by atoms with Gasteiger partial charge in [0.05, 0.1) is 10.1 Å². The van der Waals surface area contributed by atoms with E-state index in [2.05, 4.69) is 0 Å². The van der Waals surface area contributed by atoms with Crippen LogP contribution in [-0.4, -0.2) is 31.3 Å². The zero-order valence-corrected chi connectivity index (χ0v) is 15.2. The second-order valence-corrected chi connectivity index (χ2v) is 8.94. The minimum Gasteiger partial charge on any atom is -0.481 e. The van der Waals surface area contributed by atoms with E-state index in [-0.39, 0.29) is 11.4 Å². The summed E-state index contributed by atoms with van der Waals surface area (Å²) < 4.78 is 26.1. The summed E-state index contributed by atoms with van der Waals surface area (Å²) in [6.45, 7) is -0.285. The summed E-state index contributed by atoms with van der Waals surface area (Å²) >= 11 is 11.7. The fourth-order valence-corrected chi connectivity index (χ4v) is 6.00. The van der Waals surface area contributed by atoms with Gasteiger partial charge in [0.2, 0.25) is 0 Å². The zero-order valence-electron chi connectivity index (χ0n) is 12.9. The number of benzene rings is 2. The first kappa shape index (κ1) is 18.2. The van der Waals surface area contributed by atoms with Crippen molar-refractivity contribution in [3.8, 4) is 0 Å². The van der Waals surface area contributed by atoms with Crippen LogP contribution in [0.2, 0.25) is 10.0 Å². The maximum Gasteiger partial charge on any atom is 0.312 e. The molecule has 25 heavy (non-hydrogen) atoms. The second-order valence-electron chi connectivity index (χ2n) is 6.00. The van der Waals surface area contributed by atoms with Gasteiger partial charge in [-0.3, -0.25) is 4.79 Å². The molecule has 1 fully saturated rings. The highest BCUT2D eigenvalue weighted by Gasteiger charge is 2.75. The Morgan fingerprint density at radius 3 is 1.96 bits per heavy atom. The van der Waals surface area contributed by atoms with E-state index in [1.54, 1.807) is 24.3 Å². The monoisotopic (exact) mass is 399 g/mol. The fourth-order valence-electron chi connectivity index (χ4n) is 3.36. The highest BCUT2D eigenvalue weighted by atomic mass is 35.5. The molecule has 0 spiro atoms. The molecule has 1 aliphatic carbocycles. The molecule has 3 unspecified atom stereocenters. The van der Waals surface area contributed by atoms with Gasteiger partial charge in [-0.1, -0.05) is 35.3 Å². The maximum atomic E-state index is 13.0. The van der Waals surface area contributed by atoms with E-state index >= 15 is 0 Å². The average molecular weight is 400 g/mol. The van der Waals surface area contributed by atoms with Crippen molar-refractivity contribution in [2.24, 2.45) is 11.1 Å². The van der Waals surface area contributed by atoms with Crippen LogP contribution in [-0.2, 0) is 14.6 Å².